The van der Waals surface area contributed by atoms with Gasteiger partial charge in [-0.05, 0) is 31.0 Å². The smallest absolute Gasteiger partial charge is 0.324 e. The number of amides is 2. The third-order valence-electron chi connectivity index (χ3n) is 5.49. The van der Waals surface area contributed by atoms with E-state index in [0.717, 1.165) is 16.6 Å². The SMILES string of the molecule is CN(C(=O)N1CCC(C(=O)c2ccc3cnn(C)c3c2)CC1)c1cccnc1. The van der Waals surface area contributed by atoms with Gasteiger partial charge < -0.3 is 4.90 Å². The van der Waals surface area contributed by atoms with Gasteiger partial charge in [0.2, 0.25) is 0 Å². The number of Topliss-reactive ketones (excluding diaryl/α,β-unsaturated/α-hetero) is 1. The molecule has 3 aromatic rings. The molecule has 0 N–H and O–H groups in total. The molecule has 7 heteroatoms. The maximum atomic E-state index is 13.0. The average Bonchev–Trinajstić information content (AvgIpc) is 3.13. The summed E-state index contributed by atoms with van der Waals surface area (Å²) in [5, 5.41) is 5.26. The standard InChI is InChI=1S/C21H23N5O2/c1-24(18-4-3-9-22-14-18)21(28)26-10-7-15(8-11-26)20(27)16-5-6-17-13-23-25(2)19(17)12-16/h3-6,9,12-15H,7-8,10-11H2,1-2H3. The number of ketones is 1. The molecule has 144 valence electrons. The van der Waals surface area contributed by atoms with Crippen LogP contribution in [0.4, 0.5) is 10.5 Å². The number of pyridine rings is 1. The van der Waals surface area contributed by atoms with Crippen LogP contribution in [0, 0.1) is 5.92 Å². The molecule has 1 fully saturated rings. The summed E-state index contributed by atoms with van der Waals surface area (Å²) in [6, 6.07) is 9.34. The Bertz CT molecular complexity index is 1010. The number of anilines is 1. The fourth-order valence-electron chi connectivity index (χ4n) is 3.74. The van der Waals surface area contributed by atoms with Gasteiger partial charge in [-0.1, -0.05) is 12.1 Å². The van der Waals surface area contributed by atoms with Crippen LogP contribution in [0.5, 0.6) is 0 Å². The van der Waals surface area contributed by atoms with Crippen LogP contribution < -0.4 is 4.90 Å². The summed E-state index contributed by atoms with van der Waals surface area (Å²) in [5.74, 6) is 0.0919. The average molecular weight is 377 g/mol. The first-order valence-corrected chi connectivity index (χ1v) is 9.43. The summed E-state index contributed by atoms with van der Waals surface area (Å²) in [7, 11) is 3.62. The van der Waals surface area contributed by atoms with Crippen molar-refractivity contribution < 1.29 is 9.59 Å². The number of carbonyl (C=O) groups excluding carboxylic acids is 2. The van der Waals surface area contributed by atoms with Gasteiger partial charge in [0.15, 0.2) is 5.78 Å². The van der Waals surface area contributed by atoms with E-state index in [1.165, 1.54) is 0 Å². The minimum Gasteiger partial charge on any atom is -0.324 e. The van der Waals surface area contributed by atoms with Crippen LogP contribution in [-0.4, -0.2) is 51.6 Å². The third-order valence-corrected chi connectivity index (χ3v) is 5.49. The second-order valence-corrected chi connectivity index (χ2v) is 7.22. The lowest BCUT2D eigenvalue weighted by molar-refractivity contribution is 0.0857. The number of likely N-dealkylation sites (tertiary alicyclic amines) is 1. The summed E-state index contributed by atoms with van der Waals surface area (Å²) in [6.07, 6.45) is 6.50. The molecule has 0 radical (unpaired) electrons. The van der Waals surface area contributed by atoms with Gasteiger partial charge in [-0.3, -0.25) is 19.4 Å². The maximum absolute atomic E-state index is 13.0. The fraction of sp³-hybridized carbons (Fsp3) is 0.333. The van der Waals surface area contributed by atoms with Gasteiger partial charge >= 0.3 is 6.03 Å². The van der Waals surface area contributed by atoms with E-state index in [2.05, 4.69) is 10.1 Å². The highest BCUT2D eigenvalue weighted by Crippen LogP contribution is 2.25. The quantitative estimate of drug-likeness (QED) is 0.658. The van der Waals surface area contributed by atoms with Gasteiger partial charge in [-0.15, -0.1) is 0 Å². The highest BCUT2D eigenvalue weighted by molar-refractivity contribution is 6.01. The van der Waals surface area contributed by atoms with E-state index in [1.54, 1.807) is 40.1 Å². The second kappa shape index (κ2) is 7.42. The topological polar surface area (TPSA) is 71.3 Å². The van der Waals surface area contributed by atoms with Gasteiger partial charge in [0.25, 0.3) is 0 Å². The number of benzene rings is 1. The maximum Gasteiger partial charge on any atom is 0.324 e. The summed E-state index contributed by atoms with van der Waals surface area (Å²) >= 11 is 0. The Kier molecular flexibility index (Phi) is 4.81. The molecule has 7 nitrogen and oxygen atoms in total. The lowest BCUT2D eigenvalue weighted by Gasteiger charge is -2.34. The highest BCUT2D eigenvalue weighted by Gasteiger charge is 2.29. The monoisotopic (exact) mass is 377 g/mol. The van der Waals surface area contributed by atoms with E-state index < -0.39 is 0 Å². The van der Waals surface area contributed by atoms with Crippen molar-refractivity contribution in [2.75, 3.05) is 25.0 Å². The molecule has 0 unspecified atom stereocenters. The summed E-state index contributed by atoms with van der Waals surface area (Å²) < 4.78 is 1.78. The Morgan fingerprint density at radius 3 is 2.64 bits per heavy atom. The number of aryl methyl sites for hydroxylation is 1. The van der Waals surface area contributed by atoms with E-state index in [4.69, 9.17) is 0 Å². The third kappa shape index (κ3) is 3.35. The zero-order valence-electron chi connectivity index (χ0n) is 16.1. The van der Waals surface area contributed by atoms with Crippen molar-refractivity contribution in [2.45, 2.75) is 12.8 Å². The van der Waals surface area contributed by atoms with E-state index in [1.807, 2.05) is 37.4 Å². The molecule has 4 rings (SSSR count). The van der Waals surface area contributed by atoms with Crippen LogP contribution in [0.1, 0.15) is 23.2 Å². The second-order valence-electron chi connectivity index (χ2n) is 7.22. The minimum absolute atomic E-state index is 0.0570. The molecule has 0 atom stereocenters. The van der Waals surface area contributed by atoms with Gasteiger partial charge in [-0.25, -0.2) is 4.79 Å². The Hall–Kier alpha value is -3.22. The lowest BCUT2D eigenvalue weighted by Crippen LogP contribution is -2.46. The Morgan fingerprint density at radius 2 is 1.93 bits per heavy atom. The molecular formula is C21H23N5O2. The lowest BCUT2D eigenvalue weighted by atomic mass is 9.88. The minimum atomic E-state index is -0.0600. The van der Waals surface area contributed by atoms with Crippen molar-refractivity contribution in [1.29, 1.82) is 0 Å². The van der Waals surface area contributed by atoms with Crippen LogP contribution in [0.2, 0.25) is 0 Å². The molecule has 3 heterocycles. The van der Waals surface area contributed by atoms with Crippen molar-refractivity contribution in [2.24, 2.45) is 13.0 Å². The molecule has 28 heavy (non-hydrogen) atoms. The van der Waals surface area contributed by atoms with E-state index in [9.17, 15) is 9.59 Å². The molecule has 1 aliphatic rings. The Balaban J connectivity index is 1.41. The first-order valence-electron chi connectivity index (χ1n) is 9.43. The predicted molar refractivity (Wildman–Crippen MR) is 107 cm³/mol. The molecule has 2 amide bonds. The molecular weight excluding hydrogens is 354 g/mol. The zero-order chi connectivity index (χ0) is 19.7. The van der Waals surface area contributed by atoms with Crippen LogP contribution in [0.25, 0.3) is 10.9 Å². The number of hydrogen-bond acceptors (Lipinski definition) is 4. The number of aromatic nitrogens is 3. The number of rotatable bonds is 3. The van der Waals surface area contributed by atoms with Gasteiger partial charge in [0.05, 0.1) is 23.6 Å². The van der Waals surface area contributed by atoms with E-state index >= 15 is 0 Å². The van der Waals surface area contributed by atoms with Crippen LogP contribution in [0.15, 0.2) is 48.9 Å². The highest BCUT2D eigenvalue weighted by atomic mass is 16.2. The normalized spacial score (nSPS) is 15.0. The van der Waals surface area contributed by atoms with Crippen molar-refractivity contribution >= 4 is 28.4 Å². The molecule has 0 spiro atoms. The van der Waals surface area contributed by atoms with Crippen LogP contribution in [0.3, 0.4) is 0 Å². The summed E-state index contributed by atoms with van der Waals surface area (Å²) in [5.41, 5.74) is 2.43. The van der Waals surface area contributed by atoms with Gasteiger partial charge in [-0.2, -0.15) is 5.10 Å². The van der Waals surface area contributed by atoms with Crippen LogP contribution >= 0.6 is 0 Å². The predicted octanol–water partition coefficient (Wildman–Crippen LogP) is 3.12. The van der Waals surface area contributed by atoms with Gasteiger partial charge in [0, 0.05) is 50.2 Å². The molecule has 2 aromatic heterocycles. The number of hydrogen-bond donors (Lipinski definition) is 0. The molecule has 0 bridgehead atoms. The Morgan fingerprint density at radius 1 is 1.14 bits per heavy atom. The first kappa shape index (κ1) is 18.2. The number of carbonyl (C=O) groups is 2. The summed E-state index contributed by atoms with van der Waals surface area (Å²) in [6.45, 7) is 1.15. The van der Waals surface area contributed by atoms with Crippen molar-refractivity contribution in [3.8, 4) is 0 Å². The first-order chi connectivity index (χ1) is 13.5. The molecule has 1 aromatic carbocycles. The van der Waals surface area contributed by atoms with E-state index in [0.29, 0.717) is 31.5 Å². The number of nitrogens with zero attached hydrogens (tertiary/aromatic N) is 5. The molecule has 1 aliphatic heterocycles. The largest absolute Gasteiger partial charge is 0.324 e. The van der Waals surface area contributed by atoms with Crippen LogP contribution in [-0.2, 0) is 7.05 Å². The Labute approximate surface area is 163 Å². The molecule has 0 saturated carbocycles. The number of fused-ring (bicyclic) bond motifs is 1. The number of urea groups is 1. The van der Waals surface area contributed by atoms with E-state index in [-0.39, 0.29) is 17.7 Å². The molecule has 1 saturated heterocycles. The van der Waals surface area contributed by atoms with Crippen molar-refractivity contribution in [1.82, 2.24) is 19.7 Å². The number of piperidine rings is 1. The van der Waals surface area contributed by atoms with Crippen molar-refractivity contribution in [3.05, 3.63) is 54.5 Å². The molecule has 0 aliphatic carbocycles. The fourth-order valence-corrected chi connectivity index (χ4v) is 3.74. The zero-order valence-corrected chi connectivity index (χ0v) is 16.1. The van der Waals surface area contributed by atoms with Crippen molar-refractivity contribution in [3.63, 3.8) is 0 Å². The van der Waals surface area contributed by atoms with Gasteiger partial charge in [0.1, 0.15) is 0 Å². The summed E-state index contributed by atoms with van der Waals surface area (Å²) in [4.78, 5) is 33.2.